The maximum absolute atomic E-state index is 12.5. The van der Waals surface area contributed by atoms with Crippen LogP contribution in [0, 0.1) is 6.92 Å². The van der Waals surface area contributed by atoms with E-state index < -0.39 is 12.2 Å². The average molecular weight is 355 g/mol. The van der Waals surface area contributed by atoms with E-state index in [1.165, 1.54) is 6.07 Å². The van der Waals surface area contributed by atoms with Crippen molar-refractivity contribution in [2.45, 2.75) is 58.3 Å². The van der Waals surface area contributed by atoms with E-state index in [0.29, 0.717) is 24.6 Å². The van der Waals surface area contributed by atoms with Crippen molar-refractivity contribution in [3.63, 3.8) is 0 Å². The highest BCUT2D eigenvalue weighted by molar-refractivity contribution is 5.79. The van der Waals surface area contributed by atoms with Gasteiger partial charge in [-0.1, -0.05) is 30.5 Å². The van der Waals surface area contributed by atoms with Crippen molar-refractivity contribution in [2.24, 2.45) is 4.99 Å². The molecule has 25 heavy (non-hydrogen) atoms. The van der Waals surface area contributed by atoms with E-state index in [-0.39, 0.29) is 12.3 Å². The highest BCUT2D eigenvalue weighted by Gasteiger charge is 2.30. The Bertz CT molecular complexity index is 588. The summed E-state index contributed by atoms with van der Waals surface area (Å²) in [7, 11) is 0. The Labute approximate surface area is 147 Å². The van der Waals surface area contributed by atoms with Crippen LogP contribution >= 0.6 is 0 Å². The largest absolute Gasteiger partial charge is 0.434 e. The second kappa shape index (κ2) is 8.99. The fourth-order valence-electron chi connectivity index (χ4n) is 3.01. The van der Waals surface area contributed by atoms with Crippen molar-refractivity contribution in [1.29, 1.82) is 0 Å². The van der Waals surface area contributed by atoms with Gasteiger partial charge in [-0.15, -0.1) is 0 Å². The van der Waals surface area contributed by atoms with E-state index >= 15 is 0 Å². The molecule has 0 spiro atoms. The van der Waals surface area contributed by atoms with Crippen LogP contribution in [-0.4, -0.2) is 36.4 Å². The lowest BCUT2D eigenvalue weighted by Crippen LogP contribution is -2.46. The lowest BCUT2D eigenvalue weighted by Gasteiger charge is -2.23. The minimum atomic E-state index is -2.87. The van der Waals surface area contributed by atoms with Crippen LogP contribution in [0.15, 0.2) is 23.2 Å². The van der Waals surface area contributed by atoms with Gasteiger partial charge >= 0.3 is 6.61 Å². The van der Waals surface area contributed by atoms with Gasteiger partial charge in [-0.25, -0.2) is 4.99 Å². The summed E-state index contributed by atoms with van der Waals surface area (Å²) in [5.74, 6) is 0.682. The second-order valence-electron chi connectivity index (χ2n) is 6.47. The molecule has 1 aliphatic rings. The molecular weight excluding hydrogens is 328 g/mol. The monoisotopic (exact) mass is 355 g/mol. The summed E-state index contributed by atoms with van der Waals surface area (Å²) < 4.78 is 29.7. The van der Waals surface area contributed by atoms with Crippen LogP contribution in [0.2, 0.25) is 0 Å². The van der Waals surface area contributed by atoms with Crippen molar-refractivity contribution >= 4 is 5.96 Å². The fourth-order valence-corrected chi connectivity index (χ4v) is 3.01. The zero-order valence-corrected chi connectivity index (χ0v) is 14.8. The number of hydrogen-bond donors (Lipinski definition) is 3. The second-order valence-corrected chi connectivity index (χ2v) is 6.47. The van der Waals surface area contributed by atoms with Crippen LogP contribution in [0.4, 0.5) is 8.78 Å². The summed E-state index contributed by atoms with van der Waals surface area (Å²) in [5.41, 5.74) is 0.853. The van der Waals surface area contributed by atoms with E-state index in [1.807, 2.05) is 13.8 Å². The van der Waals surface area contributed by atoms with Gasteiger partial charge in [0.2, 0.25) is 0 Å². The number of aliphatic hydroxyl groups is 1. The Balaban J connectivity index is 2.06. The summed E-state index contributed by atoms with van der Waals surface area (Å²) in [6.07, 6.45) is 3.63. The number of guanidine groups is 1. The first-order valence-electron chi connectivity index (χ1n) is 8.71. The zero-order chi connectivity index (χ0) is 18.3. The molecule has 7 heteroatoms. The first-order chi connectivity index (χ1) is 11.9. The third-order valence-corrected chi connectivity index (χ3v) is 4.30. The summed E-state index contributed by atoms with van der Waals surface area (Å²) in [5, 5.41) is 16.7. The number of rotatable bonds is 7. The molecule has 140 valence electrons. The van der Waals surface area contributed by atoms with E-state index in [1.54, 1.807) is 12.1 Å². The first-order valence-corrected chi connectivity index (χ1v) is 8.71. The first kappa shape index (κ1) is 19.4. The summed E-state index contributed by atoms with van der Waals surface area (Å²) in [6.45, 7) is 2.26. The minimum Gasteiger partial charge on any atom is -0.434 e. The summed E-state index contributed by atoms with van der Waals surface area (Å²) in [6, 6.07) is 5.05. The lowest BCUT2D eigenvalue weighted by molar-refractivity contribution is -0.0504. The molecule has 0 bridgehead atoms. The molecule has 1 aromatic rings. The Morgan fingerprint density at radius 2 is 2.04 bits per heavy atom. The van der Waals surface area contributed by atoms with Gasteiger partial charge in [0.15, 0.2) is 5.96 Å². The highest BCUT2D eigenvalue weighted by atomic mass is 19.3. The van der Waals surface area contributed by atoms with Crippen LogP contribution in [-0.2, 0) is 6.54 Å². The number of nitrogens with zero attached hydrogens (tertiary/aromatic N) is 1. The standard InChI is InChI=1S/C18H27F2N3O2/c1-3-21-17(23-12-18(24)8-4-5-9-18)22-11-14-10-13(2)6-7-15(14)25-16(19)20/h6-7,10,16,24H,3-5,8-9,11-12H2,1-2H3,(H2,21,22,23). The third-order valence-electron chi connectivity index (χ3n) is 4.30. The Morgan fingerprint density at radius 1 is 1.32 bits per heavy atom. The van der Waals surface area contributed by atoms with Gasteiger partial charge < -0.3 is 20.5 Å². The van der Waals surface area contributed by atoms with Gasteiger partial charge in [0.05, 0.1) is 12.1 Å². The highest BCUT2D eigenvalue weighted by Crippen LogP contribution is 2.28. The molecular formula is C18H27F2N3O2. The number of ether oxygens (including phenoxy) is 1. The van der Waals surface area contributed by atoms with Crippen LogP contribution in [0.1, 0.15) is 43.7 Å². The Hall–Kier alpha value is -1.89. The number of hydrogen-bond acceptors (Lipinski definition) is 3. The van der Waals surface area contributed by atoms with E-state index in [2.05, 4.69) is 20.4 Å². The van der Waals surface area contributed by atoms with Crippen molar-refractivity contribution in [3.8, 4) is 5.75 Å². The molecule has 1 fully saturated rings. The number of halogens is 2. The molecule has 2 rings (SSSR count). The zero-order valence-electron chi connectivity index (χ0n) is 14.8. The quantitative estimate of drug-likeness (QED) is 0.520. The van der Waals surface area contributed by atoms with Crippen molar-refractivity contribution < 1.29 is 18.6 Å². The minimum absolute atomic E-state index is 0.134. The molecule has 1 saturated carbocycles. The van der Waals surface area contributed by atoms with E-state index in [4.69, 9.17) is 0 Å². The van der Waals surface area contributed by atoms with Gasteiger partial charge in [0.25, 0.3) is 0 Å². The van der Waals surface area contributed by atoms with Crippen LogP contribution in [0.3, 0.4) is 0 Å². The Morgan fingerprint density at radius 3 is 2.68 bits per heavy atom. The number of nitrogens with one attached hydrogen (secondary N) is 2. The Kier molecular flexibility index (Phi) is 6.99. The predicted octanol–water partition coefficient (Wildman–Crippen LogP) is 2.96. The van der Waals surface area contributed by atoms with Gasteiger partial charge in [-0.2, -0.15) is 8.78 Å². The molecule has 1 aromatic carbocycles. The van der Waals surface area contributed by atoms with Crippen LogP contribution in [0.5, 0.6) is 5.75 Å². The van der Waals surface area contributed by atoms with Gasteiger partial charge in [0, 0.05) is 18.7 Å². The molecule has 5 nitrogen and oxygen atoms in total. The maximum atomic E-state index is 12.5. The summed E-state index contributed by atoms with van der Waals surface area (Å²) in [4.78, 5) is 4.44. The molecule has 0 atom stereocenters. The van der Waals surface area contributed by atoms with Crippen molar-refractivity contribution in [3.05, 3.63) is 29.3 Å². The van der Waals surface area contributed by atoms with Gasteiger partial charge in [-0.3, -0.25) is 0 Å². The fraction of sp³-hybridized carbons (Fsp3) is 0.611. The maximum Gasteiger partial charge on any atom is 0.387 e. The molecule has 0 saturated heterocycles. The molecule has 0 amide bonds. The topological polar surface area (TPSA) is 65.9 Å². The molecule has 0 unspecified atom stereocenters. The van der Waals surface area contributed by atoms with Gasteiger partial charge in [0.1, 0.15) is 5.75 Å². The van der Waals surface area contributed by atoms with Crippen LogP contribution in [0.25, 0.3) is 0 Å². The summed E-state index contributed by atoms with van der Waals surface area (Å²) >= 11 is 0. The van der Waals surface area contributed by atoms with E-state index in [9.17, 15) is 13.9 Å². The molecule has 1 aliphatic carbocycles. The SMILES string of the molecule is CCNC(=NCc1cc(C)ccc1OC(F)F)NCC1(O)CCCC1. The smallest absolute Gasteiger partial charge is 0.387 e. The molecule has 3 N–H and O–H groups in total. The molecule has 0 aliphatic heterocycles. The number of benzene rings is 1. The van der Waals surface area contributed by atoms with Gasteiger partial charge in [-0.05, 0) is 32.8 Å². The third kappa shape index (κ3) is 6.16. The van der Waals surface area contributed by atoms with Crippen LogP contribution < -0.4 is 15.4 Å². The predicted molar refractivity (Wildman–Crippen MR) is 94.0 cm³/mol. The number of alkyl halides is 2. The molecule has 0 heterocycles. The average Bonchev–Trinajstić information content (AvgIpc) is 2.99. The molecule has 0 aromatic heterocycles. The van der Waals surface area contributed by atoms with Crippen molar-refractivity contribution in [2.75, 3.05) is 13.1 Å². The lowest BCUT2D eigenvalue weighted by atomic mass is 10.0. The van der Waals surface area contributed by atoms with E-state index in [0.717, 1.165) is 31.2 Å². The normalized spacial score (nSPS) is 17.0. The van der Waals surface area contributed by atoms with Crippen molar-refractivity contribution in [1.82, 2.24) is 10.6 Å². The number of aliphatic imine (C=N–C) groups is 1. The number of aryl methyl sites for hydroxylation is 1. The molecule has 0 radical (unpaired) electrons.